The molecule has 0 aliphatic carbocycles. The van der Waals surface area contributed by atoms with Gasteiger partial charge in [0.05, 0.1) is 0 Å². The van der Waals surface area contributed by atoms with Gasteiger partial charge in [0.15, 0.2) is 0 Å². The van der Waals surface area contributed by atoms with Gasteiger partial charge in [-0.2, -0.15) is 0 Å². The summed E-state index contributed by atoms with van der Waals surface area (Å²) < 4.78 is 0. The van der Waals surface area contributed by atoms with Gasteiger partial charge in [0.1, 0.15) is 5.75 Å². The van der Waals surface area contributed by atoms with E-state index in [1.54, 1.807) is 0 Å². The molecule has 3 nitrogen and oxygen atoms in total. The van der Waals surface area contributed by atoms with Crippen LogP contribution in [0.3, 0.4) is 0 Å². The average Bonchev–Trinajstić information content (AvgIpc) is 2.37. The SMILES string of the molecule is CC(=O)Nc1ccc(-c2ccc(C)c(O)c2C)cc1. The molecule has 0 aromatic heterocycles. The summed E-state index contributed by atoms with van der Waals surface area (Å²) in [5, 5.41) is 12.7. The summed E-state index contributed by atoms with van der Waals surface area (Å²) in [5.74, 6) is 0.250. The number of hydrogen-bond donors (Lipinski definition) is 2. The topological polar surface area (TPSA) is 49.3 Å². The van der Waals surface area contributed by atoms with Crippen molar-refractivity contribution in [1.29, 1.82) is 0 Å². The summed E-state index contributed by atoms with van der Waals surface area (Å²) in [4.78, 5) is 11.0. The molecule has 0 heterocycles. The summed E-state index contributed by atoms with van der Waals surface area (Å²) in [6.07, 6.45) is 0. The van der Waals surface area contributed by atoms with Crippen molar-refractivity contribution in [2.45, 2.75) is 20.8 Å². The third-order valence-electron chi connectivity index (χ3n) is 3.15. The minimum atomic E-state index is -0.0862. The molecule has 1 amide bonds. The van der Waals surface area contributed by atoms with Crippen molar-refractivity contribution in [2.75, 3.05) is 5.32 Å². The second-order valence-electron chi connectivity index (χ2n) is 4.66. The van der Waals surface area contributed by atoms with E-state index in [1.807, 2.05) is 50.2 Å². The van der Waals surface area contributed by atoms with Crippen molar-refractivity contribution in [3.05, 3.63) is 47.5 Å². The number of anilines is 1. The zero-order valence-corrected chi connectivity index (χ0v) is 11.3. The van der Waals surface area contributed by atoms with Crippen molar-refractivity contribution in [3.63, 3.8) is 0 Å². The minimum Gasteiger partial charge on any atom is -0.507 e. The molecular formula is C16H17NO2. The molecule has 0 unspecified atom stereocenters. The maximum absolute atomic E-state index is 11.0. The van der Waals surface area contributed by atoms with E-state index in [0.717, 1.165) is 27.9 Å². The number of carbonyl (C=O) groups is 1. The molecule has 3 heteroatoms. The van der Waals surface area contributed by atoms with E-state index in [0.29, 0.717) is 5.75 Å². The van der Waals surface area contributed by atoms with E-state index in [9.17, 15) is 9.90 Å². The van der Waals surface area contributed by atoms with Gasteiger partial charge in [-0.1, -0.05) is 24.3 Å². The lowest BCUT2D eigenvalue weighted by Crippen LogP contribution is -2.05. The minimum absolute atomic E-state index is 0.0862. The van der Waals surface area contributed by atoms with Crippen molar-refractivity contribution in [1.82, 2.24) is 0 Å². The van der Waals surface area contributed by atoms with Gasteiger partial charge in [0.25, 0.3) is 0 Å². The van der Waals surface area contributed by atoms with Crippen LogP contribution in [0.1, 0.15) is 18.1 Å². The quantitative estimate of drug-likeness (QED) is 0.860. The predicted molar refractivity (Wildman–Crippen MR) is 77.3 cm³/mol. The fraction of sp³-hybridized carbons (Fsp3) is 0.188. The first kappa shape index (κ1) is 13.1. The Morgan fingerprint density at radius 1 is 1.05 bits per heavy atom. The summed E-state index contributed by atoms with van der Waals surface area (Å²) >= 11 is 0. The van der Waals surface area contributed by atoms with Gasteiger partial charge < -0.3 is 10.4 Å². The zero-order valence-electron chi connectivity index (χ0n) is 11.3. The van der Waals surface area contributed by atoms with E-state index in [2.05, 4.69) is 5.32 Å². The van der Waals surface area contributed by atoms with Crippen LogP contribution < -0.4 is 5.32 Å². The molecule has 2 rings (SSSR count). The number of aromatic hydroxyl groups is 1. The highest BCUT2D eigenvalue weighted by Crippen LogP contribution is 2.32. The maximum atomic E-state index is 11.0. The van der Waals surface area contributed by atoms with Crippen molar-refractivity contribution in [2.24, 2.45) is 0 Å². The van der Waals surface area contributed by atoms with Gasteiger partial charge in [0, 0.05) is 12.6 Å². The number of benzene rings is 2. The van der Waals surface area contributed by atoms with Gasteiger partial charge >= 0.3 is 0 Å². The molecule has 0 saturated heterocycles. The second-order valence-corrected chi connectivity index (χ2v) is 4.66. The second kappa shape index (κ2) is 5.14. The Kier molecular flexibility index (Phi) is 3.56. The normalized spacial score (nSPS) is 10.3. The number of nitrogens with one attached hydrogen (secondary N) is 1. The van der Waals surface area contributed by atoms with Crippen LogP contribution >= 0.6 is 0 Å². The lowest BCUT2D eigenvalue weighted by Gasteiger charge is -2.11. The number of phenolic OH excluding ortho intramolecular Hbond substituents is 1. The monoisotopic (exact) mass is 255 g/mol. The molecule has 0 bridgehead atoms. The highest BCUT2D eigenvalue weighted by molar-refractivity contribution is 5.89. The molecule has 98 valence electrons. The third-order valence-corrected chi connectivity index (χ3v) is 3.15. The van der Waals surface area contributed by atoms with Gasteiger partial charge in [0.2, 0.25) is 5.91 Å². The number of amides is 1. The van der Waals surface area contributed by atoms with Gasteiger partial charge in [-0.05, 0) is 48.2 Å². The third kappa shape index (κ3) is 2.76. The van der Waals surface area contributed by atoms with Crippen LogP contribution in [0.2, 0.25) is 0 Å². The lowest BCUT2D eigenvalue weighted by atomic mass is 9.97. The molecule has 0 aliphatic heterocycles. The molecule has 0 fully saturated rings. The van der Waals surface area contributed by atoms with Crippen LogP contribution in [0.25, 0.3) is 11.1 Å². The fourth-order valence-corrected chi connectivity index (χ4v) is 2.08. The number of carbonyl (C=O) groups excluding carboxylic acids is 1. The Bertz CT molecular complexity index is 615. The highest BCUT2D eigenvalue weighted by atomic mass is 16.3. The van der Waals surface area contributed by atoms with Crippen LogP contribution in [0.5, 0.6) is 5.75 Å². The molecule has 2 aromatic rings. The Hall–Kier alpha value is -2.29. The Labute approximate surface area is 112 Å². The summed E-state index contributed by atoms with van der Waals surface area (Å²) in [6, 6.07) is 11.5. The number of hydrogen-bond acceptors (Lipinski definition) is 2. The molecule has 0 spiro atoms. The Balaban J connectivity index is 2.37. The van der Waals surface area contributed by atoms with E-state index < -0.39 is 0 Å². The van der Waals surface area contributed by atoms with Crippen molar-refractivity contribution >= 4 is 11.6 Å². The average molecular weight is 255 g/mol. The van der Waals surface area contributed by atoms with Crippen LogP contribution in [-0.2, 0) is 4.79 Å². The zero-order chi connectivity index (χ0) is 14.0. The summed E-state index contributed by atoms with van der Waals surface area (Å²) in [6.45, 7) is 5.27. The van der Waals surface area contributed by atoms with Crippen LogP contribution in [0, 0.1) is 13.8 Å². The largest absolute Gasteiger partial charge is 0.507 e. The molecule has 0 aliphatic rings. The van der Waals surface area contributed by atoms with Gasteiger partial charge in [-0.15, -0.1) is 0 Å². The number of rotatable bonds is 2. The predicted octanol–water partition coefficient (Wildman–Crippen LogP) is 3.63. The molecule has 0 radical (unpaired) electrons. The van der Waals surface area contributed by atoms with E-state index >= 15 is 0 Å². The first-order valence-electron chi connectivity index (χ1n) is 6.16. The fourth-order valence-electron chi connectivity index (χ4n) is 2.08. The van der Waals surface area contributed by atoms with Crippen LogP contribution in [0.4, 0.5) is 5.69 Å². The standard InChI is InChI=1S/C16H17NO2/c1-10-4-9-15(11(2)16(10)19)13-5-7-14(8-6-13)17-12(3)18/h4-9,19H,1-3H3,(H,17,18). The summed E-state index contributed by atoms with van der Waals surface area (Å²) in [5.41, 5.74) is 4.52. The van der Waals surface area contributed by atoms with E-state index in [4.69, 9.17) is 0 Å². The molecule has 2 N–H and O–H groups in total. The van der Waals surface area contributed by atoms with Crippen molar-refractivity contribution in [3.8, 4) is 16.9 Å². The molecule has 0 atom stereocenters. The van der Waals surface area contributed by atoms with Gasteiger partial charge in [-0.25, -0.2) is 0 Å². The Morgan fingerprint density at radius 3 is 2.26 bits per heavy atom. The van der Waals surface area contributed by atoms with Crippen LogP contribution in [-0.4, -0.2) is 11.0 Å². The number of aryl methyl sites for hydroxylation is 1. The maximum Gasteiger partial charge on any atom is 0.221 e. The molecule has 0 saturated carbocycles. The van der Waals surface area contributed by atoms with Gasteiger partial charge in [-0.3, -0.25) is 4.79 Å². The highest BCUT2D eigenvalue weighted by Gasteiger charge is 2.08. The van der Waals surface area contributed by atoms with Crippen molar-refractivity contribution < 1.29 is 9.90 Å². The van der Waals surface area contributed by atoms with Crippen LogP contribution in [0.15, 0.2) is 36.4 Å². The smallest absolute Gasteiger partial charge is 0.221 e. The molecule has 19 heavy (non-hydrogen) atoms. The Morgan fingerprint density at radius 2 is 1.68 bits per heavy atom. The number of phenols is 1. The molecule has 2 aromatic carbocycles. The first-order chi connectivity index (χ1) is 8.99. The van der Waals surface area contributed by atoms with E-state index in [-0.39, 0.29) is 5.91 Å². The van der Waals surface area contributed by atoms with E-state index in [1.165, 1.54) is 6.92 Å². The molecular weight excluding hydrogens is 238 g/mol. The summed E-state index contributed by atoms with van der Waals surface area (Å²) in [7, 11) is 0. The lowest BCUT2D eigenvalue weighted by molar-refractivity contribution is -0.114. The first-order valence-corrected chi connectivity index (χ1v) is 6.16.